The van der Waals surface area contributed by atoms with Gasteiger partial charge in [0.05, 0.1) is 6.17 Å². The van der Waals surface area contributed by atoms with Crippen molar-refractivity contribution in [3.8, 4) is 0 Å². The molecule has 1 heterocycles. The van der Waals surface area contributed by atoms with E-state index in [9.17, 15) is 4.79 Å². The lowest BCUT2D eigenvalue weighted by Gasteiger charge is -2.25. The molecule has 94 valence electrons. The first-order valence-corrected chi connectivity index (χ1v) is 5.99. The molecule has 1 amide bonds. The Labute approximate surface area is 97.1 Å². The Balaban J connectivity index is 2.42. The molecule has 1 aliphatic heterocycles. The molecule has 0 aliphatic carbocycles. The van der Waals surface area contributed by atoms with Gasteiger partial charge in [-0.25, -0.2) is 0 Å². The summed E-state index contributed by atoms with van der Waals surface area (Å²) in [5, 5.41) is 0. The molecular formula is C11H23N3O2. The molecule has 0 saturated carbocycles. The molecule has 4 N–H and O–H groups in total. The fraction of sp³-hybridized carbons (Fsp3) is 0.909. The van der Waals surface area contributed by atoms with Gasteiger partial charge in [0.15, 0.2) is 0 Å². The van der Waals surface area contributed by atoms with Crippen molar-refractivity contribution < 1.29 is 9.53 Å². The smallest absolute Gasteiger partial charge is 0.252 e. The van der Waals surface area contributed by atoms with Gasteiger partial charge in [-0.2, -0.15) is 0 Å². The van der Waals surface area contributed by atoms with Crippen LogP contribution in [0.4, 0.5) is 0 Å². The van der Waals surface area contributed by atoms with Gasteiger partial charge in [-0.15, -0.1) is 0 Å². The average Bonchev–Trinajstić information content (AvgIpc) is 2.70. The van der Waals surface area contributed by atoms with Crippen molar-refractivity contribution in [3.05, 3.63) is 0 Å². The van der Waals surface area contributed by atoms with Crippen molar-refractivity contribution in [2.75, 3.05) is 20.2 Å². The van der Waals surface area contributed by atoms with E-state index in [0.29, 0.717) is 6.54 Å². The molecule has 0 radical (unpaired) electrons. The van der Waals surface area contributed by atoms with E-state index in [2.05, 4.69) is 0 Å². The van der Waals surface area contributed by atoms with Gasteiger partial charge in [0, 0.05) is 13.7 Å². The van der Waals surface area contributed by atoms with Crippen molar-refractivity contribution in [1.29, 1.82) is 0 Å². The number of likely N-dealkylation sites (tertiary alicyclic amines) is 1. The minimum Gasteiger partial charge on any atom is -0.372 e. The molecule has 2 unspecified atom stereocenters. The largest absolute Gasteiger partial charge is 0.372 e. The van der Waals surface area contributed by atoms with Crippen LogP contribution in [0.3, 0.4) is 0 Å². The molecule has 0 aromatic heterocycles. The van der Waals surface area contributed by atoms with Gasteiger partial charge in [-0.05, 0) is 38.6 Å². The van der Waals surface area contributed by atoms with Crippen LogP contribution < -0.4 is 11.5 Å². The van der Waals surface area contributed by atoms with Crippen LogP contribution in [0.15, 0.2) is 0 Å². The number of ether oxygens (including phenoxy) is 1. The highest BCUT2D eigenvalue weighted by molar-refractivity contribution is 5.81. The summed E-state index contributed by atoms with van der Waals surface area (Å²) in [5.41, 5.74) is 11.3. The van der Waals surface area contributed by atoms with E-state index >= 15 is 0 Å². The third-order valence-electron chi connectivity index (χ3n) is 3.06. The number of rotatable bonds is 6. The molecule has 1 fully saturated rings. The van der Waals surface area contributed by atoms with Gasteiger partial charge >= 0.3 is 0 Å². The second-order valence-corrected chi connectivity index (χ2v) is 4.25. The predicted octanol–water partition coefficient (Wildman–Crippen LogP) is 0.0376. The fourth-order valence-corrected chi connectivity index (χ4v) is 2.07. The summed E-state index contributed by atoms with van der Waals surface area (Å²) in [6, 6.07) is 0. The Kier molecular flexibility index (Phi) is 5.73. The van der Waals surface area contributed by atoms with Crippen LogP contribution in [0, 0.1) is 0 Å². The van der Waals surface area contributed by atoms with Crippen molar-refractivity contribution in [2.24, 2.45) is 11.5 Å². The maximum absolute atomic E-state index is 12.1. The molecular weight excluding hydrogens is 206 g/mol. The summed E-state index contributed by atoms with van der Waals surface area (Å²) in [5.74, 6) is 0.0320. The average molecular weight is 229 g/mol. The Morgan fingerprint density at radius 2 is 2.31 bits per heavy atom. The molecule has 0 aromatic carbocycles. The molecule has 0 bridgehead atoms. The highest BCUT2D eigenvalue weighted by Gasteiger charge is 2.30. The quantitative estimate of drug-likeness (QED) is 0.630. The maximum atomic E-state index is 12.1. The van der Waals surface area contributed by atoms with Crippen molar-refractivity contribution in [2.45, 2.75) is 44.4 Å². The SMILES string of the molecule is COC(CCCCN)C(=O)N1CCCC1N. The summed E-state index contributed by atoms with van der Waals surface area (Å²) in [6.45, 7) is 1.42. The second-order valence-electron chi connectivity index (χ2n) is 4.25. The molecule has 5 nitrogen and oxygen atoms in total. The third kappa shape index (κ3) is 3.43. The summed E-state index contributed by atoms with van der Waals surface area (Å²) in [7, 11) is 1.58. The topological polar surface area (TPSA) is 81.6 Å². The Hall–Kier alpha value is -0.650. The number of carbonyl (C=O) groups excluding carboxylic acids is 1. The minimum atomic E-state index is -0.351. The molecule has 2 atom stereocenters. The van der Waals surface area contributed by atoms with Gasteiger partial charge in [-0.1, -0.05) is 0 Å². The van der Waals surface area contributed by atoms with E-state index in [0.717, 1.165) is 38.6 Å². The Morgan fingerprint density at radius 3 is 2.81 bits per heavy atom. The fourth-order valence-electron chi connectivity index (χ4n) is 2.07. The zero-order chi connectivity index (χ0) is 12.0. The first-order chi connectivity index (χ1) is 7.70. The lowest BCUT2D eigenvalue weighted by atomic mass is 10.1. The third-order valence-corrected chi connectivity index (χ3v) is 3.06. The van der Waals surface area contributed by atoms with Gasteiger partial charge in [-0.3, -0.25) is 4.79 Å². The van der Waals surface area contributed by atoms with Gasteiger partial charge in [0.25, 0.3) is 5.91 Å². The number of nitrogens with zero attached hydrogens (tertiary/aromatic N) is 1. The van der Waals surface area contributed by atoms with E-state index in [1.165, 1.54) is 0 Å². The zero-order valence-corrected chi connectivity index (χ0v) is 10.0. The number of unbranched alkanes of at least 4 members (excludes halogenated alkanes) is 1. The highest BCUT2D eigenvalue weighted by Crippen LogP contribution is 2.16. The number of hydrogen-bond donors (Lipinski definition) is 2. The molecule has 1 aliphatic rings. The zero-order valence-electron chi connectivity index (χ0n) is 10.0. The summed E-state index contributed by atoms with van der Waals surface area (Å²) in [6.07, 6.45) is 3.99. The number of carbonyl (C=O) groups is 1. The Morgan fingerprint density at radius 1 is 1.56 bits per heavy atom. The van der Waals surface area contributed by atoms with E-state index in [-0.39, 0.29) is 18.2 Å². The van der Waals surface area contributed by atoms with E-state index < -0.39 is 0 Å². The molecule has 0 spiro atoms. The van der Waals surface area contributed by atoms with Gasteiger partial charge in [0.1, 0.15) is 6.10 Å². The summed E-state index contributed by atoms with van der Waals surface area (Å²) >= 11 is 0. The lowest BCUT2D eigenvalue weighted by Crippen LogP contribution is -2.46. The lowest BCUT2D eigenvalue weighted by molar-refractivity contribution is -0.143. The second kappa shape index (κ2) is 6.83. The number of hydrogen-bond acceptors (Lipinski definition) is 4. The monoisotopic (exact) mass is 229 g/mol. The van der Waals surface area contributed by atoms with E-state index in [1.54, 1.807) is 12.0 Å². The number of methoxy groups -OCH3 is 1. The van der Waals surface area contributed by atoms with Crippen molar-refractivity contribution in [1.82, 2.24) is 4.90 Å². The van der Waals surface area contributed by atoms with Crippen LogP contribution in [0.5, 0.6) is 0 Å². The van der Waals surface area contributed by atoms with Crippen molar-refractivity contribution in [3.63, 3.8) is 0 Å². The van der Waals surface area contributed by atoms with Crippen LogP contribution in [-0.4, -0.2) is 43.3 Å². The molecule has 1 saturated heterocycles. The first-order valence-electron chi connectivity index (χ1n) is 5.99. The van der Waals surface area contributed by atoms with Crippen LogP contribution >= 0.6 is 0 Å². The van der Waals surface area contributed by atoms with Crippen LogP contribution in [0.25, 0.3) is 0 Å². The van der Waals surface area contributed by atoms with E-state index in [4.69, 9.17) is 16.2 Å². The maximum Gasteiger partial charge on any atom is 0.252 e. The van der Waals surface area contributed by atoms with Gasteiger partial charge in [0.2, 0.25) is 0 Å². The minimum absolute atomic E-state index is 0.0320. The molecule has 1 rings (SSSR count). The van der Waals surface area contributed by atoms with E-state index in [1.807, 2.05) is 0 Å². The summed E-state index contributed by atoms with van der Waals surface area (Å²) in [4.78, 5) is 13.8. The molecule has 16 heavy (non-hydrogen) atoms. The van der Waals surface area contributed by atoms with Crippen LogP contribution in [-0.2, 0) is 9.53 Å². The normalized spacial score (nSPS) is 22.4. The van der Waals surface area contributed by atoms with Crippen LogP contribution in [0.2, 0.25) is 0 Å². The van der Waals surface area contributed by atoms with Gasteiger partial charge < -0.3 is 21.1 Å². The molecule has 5 heteroatoms. The predicted molar refractivity (Wildman–Crippen MR) is 62.6 cm³/mol. The van der Waals surface area contributed by atoms with Crippen LogP contribution in [0.1, 0.15) is 32.1 Å². The standard InChI is InChI=1S/C11H23N3O2/c1-16-9(5-2-3-7-12)11(15)14-8-4-6-10(14)13/h9-10H,2-8,12-13H2,1H3. The first kappa shape index (κ1) is 13.4. The summed E-state index contributed by atoms with van der Waals surface area (Å²) < 4.78 is 5.23. The highest BCUT2D eigenvalue weighted by atomic mass is 16.5. The van der Waals surface area contributed by atoms with Crippen molar-refractivity contribution >= 4 is 5.91 Å². The number of nitrogens with two attached hydrogens (primary N) is 2. The molecule has 0 aromatic rings. The Bertz CT molecular complexity index is 223. The number of amides is 1.